The van der Waals surface area contributed by atoms with Gasteiger partial charge in [-0.25, -0.2) is 0 Å². The molecular weight excluding hydrogens is 427 g/mol. The van der Waals surface area contributed by atoms with Crippen molar-refractivity contribution >= 4 is 32.6 Å². The van der Waals surface area contributed by atoms with Crippen LogP contribution in [0.2, 0.25) is 13.3 Å². The third-order valence-corrected chi connectivity index (χ3v) is 24.5. The molecule has 0 fully saturated rings. The van der Waals surface area contributed by atoms with Gasteiger partial charge in [0.25, 0.3) is 0 Å². The van der Waals surface area contributed by atoms with Gasteiger partial charge in [-0.2, -0.15) is 0 Å². The Bertz CT molecular complexity index is 484. The van der Waals surface area contributed by atoms with Gasteiger partial charge in [0.15, 0.2) is 0 Å². The monoisotopic (exact) mass is 468 g/mol. The van der Waals surface area contributed by atoms with Crippen LogP contribution < -0.4 is 2.89 Å². The van der Waals surface area contributed by atoms with Crippen molar-refractivity contribution in [2.24, 2.45) is 0 Å². The Labute approximate surface area is 166 Å². The minimum absolute atomic E-state index is 1.07. The Balaban J connectivity index is 2.91. The normalized spacial score (nSPS) is 11.4. The quantitative estimate of drug-likeness (QED) is 0.158. The summed E-state index contributed by atoms with van der Waals surface area (Å²) in [4.78, 5) is 1.33. The summed E-state index contributed by atoms with van der Waals surface area (Å²) in [5.74, 6) is 6.88. The van der Waals surface area contributed by atoms with Crippen LogP contribution >= 0.6 is 11.3 Å². The molecule has 0 aliphatic heterocycles. The first kappa shape index (κ1) is 23.1. The predicted octanol–water partition coefficient (Wildman–Crippen LogP) is 7.74. The third kappa shape index (κ3) is 8.52. The van der Waals surface area contributed by atoms with Crippen LogP contribution in [-0.2, 0) is 0 Å². The average Bonchev–Trinajstić information content (AvgIpc) is 3.11. The predicted molar refractivity (Wildman–Crippen MR) is 120 cm³/mol. The molecule has 0 saturated carbocycles. The molecule has 0 amide bonds. The SMILES string of the molecule is CCCCCC#Cc1cc[c]([Sn]([CH2]CCC)([CH2]CCC)[CH2]CCC)s1. The molecule has 0 spiro atoms. The van der Waals surface area contributed by atoms with Gasteiger partial charge < -0.3 is 0 Å². The summed E-state index contributed by atoms with van der Waals surface area (Å²) < 4.78 is 6.52. The van der Waals surface area contributed by atoms with E-state index < -0.39 is 18.4 Å². The van der Waals surface area contributed by atoms with E-state index in [2.05, 4.69) is 63.0 Å². The molecule has 0 N–H and O–H groups in total. The second-order valence-electron chi connectivity index (χ2n) is 7.51. The van der Waals surface area contributed by atoms with Gasteiger partial charge in [-0.1, -0.05) is 0 Å². The van der Waals surface area contributed by atoms with E-state index in [1.807, 2.05) is 2.89 Å². The van der Waals surface area contributed by atoms with Crippen LogP contribution in [0.25, 0.3) is 0 Å². The van der Waals surface area contributed by atoms with E-state index in [-0.39, 0.29) is 0 Å². The zero-order valence-electron chi connectivity index (χ0n) is 17.3. The summed E-state index contributed by atoms with van der Waals surface area (Å²) in [6.45, 7) is 9.34. The first-order chi connectivity index (χ1) is 12.2. The van der Waals surface area contributed by atoms with E-state index in [0.29, 0.717) is 0 Å². The Morgan fingerprint density at radius 1 is 0.760 bits per heavy atom. The number of unbranched alkanes of at least 4 members (excludes halogenated alkanes) is 6. The zero-order valence-corrected chi connectivity index (χ0v) is 20.9. The second kappa shape index (κ2) is 14.2. The van der Waals surface area contributed by atoms with E-state index in [9.17, 15) is 0 Å². The fraction of sp³-hybridized carbons (Fsp3) is 0.739. The van der Waals surface area contributed by atoms with Crippen molar-refractivity contribution in [1.29, 1.82) is 0 Å². The minimum atomic E-state index is -2.21. The molecular formula is C23H40SSn. The van der Waals surface area contributed by atoms with Crippen LogP contribution in [0, 0.1) is 11.8 Å². The third-order valence-electron chi connectivity index (χ3n) is 5.27. The molecule has 1 heterocycles. The Morgan fingerprint density at radius 3 is 1.84 bits per heavy atom. The van der Waals surface area contributed by atoms with Crippen molar-refractivity contribution in [3.8, 4) is 11.8 Å². The summed E-state index contributed by atoms with van der Waals surface area (Å²) in [5.41, 5.74) is 0. The summed E-state index contributed by atoms with van der Waals surface area (Å²) in [6, 6.07) is 4.83. The molecule has 1 aromatic rings. The second-order valence-corrected chi connectivity index (χ2v) is 22.8. The van der Waals surface area contributed by atoms with Crippen LogP contribution in [0.5, 0.6) is 0 Å². The molecule has 0 aliphatic rings. The van der Waals surface area contributed by atoms with Crippen molar-refractivity contribution in [1.82, 2.24) is 0 Å². The average molecular weight is 467 g/mol. The topological polar surface area (TPSA) is 0 Å². The van der Waals surface area contributed by atoms with Gasteiger partial charge in [0.2, 0.25) is 0 Å². The van der Waals surface area contributed by atoms with Gasteiger partial charge in [0.05, 0.1) is 0 Å². The molecule has 0 saturated heterocycles. The van der Waals surface area contributed by atoms with Crippen molar-refractivity contribution in [2.45, 2.75) is 105 Å². The van der Waals surface area contributed by atoms with Gasteiger partial charge in [0, 0.05) is 0 Å². The van der Waals surface area contributed by atoms with Crippen molar-refractivity contribution in [3.05, 3.63) is 17.0 Å². The zero-order chi connectivity index (χ0) is 18.4. The molecule has 1 aromatic heterocycles. The van der Waals surface area contributed by atoms with Crippen LogP contribution in [0.1, 0.15) is 96.8 Å². The van der Waals surface area contributed by atoms with Gasteiger partial charge in [0.1, 0.15) is 0 Å². The Kier molecular flexibility index (Phi) is 13.1. The van der Waals surface area contributed by atoms with Gasteiger partial charge in [-0.3, -0.25) is 0 Å². The molecule has 0 bridgehead atoms. The van der Waals surface area contributed by atoms with Gasteiger partial charge in [-0.15, -0.1) is 0 Å². The first-order valence-electron chi connectivity index (χ1n) is 10.8. The Hall–Kier alpha value is 0.0587. The summed E-state index contributed by atoms with van der Waals surface area (Å²) in [7, 11) is 0. The molecule has 142 valence electrons. The molecule has 1 rings (SSSR count). The van der Waals surface area contributed by atoms with E-state index in [4.69, 9.17) is 0 Å². The number of rotatable bonds is 13. The molecule has 0 aromatic carbocycles. The summed E-state index contributed by atoms with van der Waals surface area (Å²) in [5, 5.41) is 0. The first-order valence-corrected chi connectivity index (χ1v) is 19.1. The standard InChI is InChI=1S/C11H13S.3C4H9.Sn/c1-2-3-4-5-6-8-11-9-7-10-12-11;3*1-3-4-2;/h7,9H,2-5H2,1H3;3*1,3-4H2,2H3;. The number of thiophene rings is 1. The summed E-state index contributed by atoms with van der Waals surface area (Å²) in [6.07, 6.45) is 13.3. The van der Waals surface area contributed by atoms with Crippen LogP contribution in [0.4, 0.5) is 0 Å². The molecule has 0 unspecified atom stereocenters. The van der Waals surface area contributed by atoms with Crippen molar-refractivity contribution < 1.29 is 0 Å². The van der Waals surface area contributed by atoms with E-state index >= 15 is 0 Å². The van der Waals surface area contributed by atoms with Gasteiger partial charge >= 0.3 is 167 Å². The number of hydrogen-bond donors (Lipinski definition) is 0. The van der Waals surface area contributed by atoms with Gasteiger partial charge in [-0.05, 0) is 0 Å². The fourth-order valence-electron chi connectivity index (χ4n) is 3.59. The van der Waals surface area contributed by atoms with E-state index in [0.717, 1.165) is 6.42 Å². The maximum atomic E-state index is 3.47. The molecule has 0 atom stereocenters. The molecule has 25 heavy (non-hydrogen) atoms. The van der Waals surface area contributed by atoms with E-state index in [1.165, 1.54) is 62.7 Å². The summed E-state index contributed by atoms with van der Waals surface area (Å²) >= 11 is -0.137. The van der Waals surface area contributed by atoms with Crippen molar-refractivity contribution in [3.63, 3.8) is 0 Å². The maximum absolute atomic E-state index is 3.47. The van der Waals surface area contributed by atoms with Crippen LogP contribution in [-0.4, -0.2) is 18.4 Å². The van der Waals surface area contributed by atoms with E-state index in [1.54, 1.807) is 13.3 Å². The molecule has 0 aliphatic carbocycles. The molecule has 0 radical (unpaired) electrons. The number of hydrogen-bond acceptors (Lipinski definition) is 1. The molecule has 2 heteroatoms. The van der Waals surface area contributed by atoms with Crippen LogP contribution in [0.15, 0.2) is 12.1 Å². The van der Waals surface area contributed by atoms with Crippen LogP contribution in [0.3, 0.4) is 0 Å². The molecule has 0 nitrogen and oxygen atoms in total. The van der Waals surface area contributed by atoms with Crippen molar-refractivity contribution in [2.75, 3.05) is 0 Å². The fourth-order valence-corrected chi connectivity index (χ4v) is 23.6. The Morgan fingerprint density at radius 2 is 1.32 bits per heavy atom.